The van der Waals surface area contributed by atoms with Crippen LogP contribution in [0.2, 0.25) is 0 Å². The van der Waals surface area contributed by atoms with Gasteiger partial charge in [0.25, 0.3) is 0 Å². The monoisotopic (exact) mass is 377 g/mol. The third kappa shape index (κ3) is 3.22. The van der Waals surface area contributed by atoms with Gasteiger partial charge in [0.1, 0.15) is 18.1 Å². The molecule has 28 heavy (non-hydrogen) atoms. The fourth-order valence-corrected chi connectivity index (χ4v) is 3.58. The fraction of sp³-hybridized carbons (Fsp3) is 0.273. The number of amides is 1. The number of carbonyl (C=O) groups excluding carboxylic acids is 1. The Morgan fingerprint density at radius 3 is 2.71 bits per heavy atom. The second-order valence-corrected chi connectivity index (χ2v) is 6.80. The second-order valence-electron chi connectivity index (χ2n) is 6.80. The number of rotatable bonds is 4. The quantitative estimate of drug-likeness (QED) is 0.699. The maximum atomic E-state index is 13.2. The van der Waals surface area contributed by atoms with E-state index in [1.807, 2.05) is 67.1 Å². The van der Waals surface area contributed by atoms with Gasteiger partial charge in [0.2, 0.25) is 5.91 Å². The summed E-state index contributed by atoms with van der Waals surface area (Å²) in [7, 11) is 1.61. The highest BCUT2D eigenvalue weighted by Gasteiger charge is 2.26. The Balaban J connectivity index is 1.63. The normalized spacial score (nSPS) is 13.0. The van der Waals surface area contributed by atoms with Gasteiger partial charge in [-0.2, -0.15) is 5.10 Å². The minimum Gasteiger partial charge on any atom is -0.497 e. The number of anilines is 1. The molecule has 0 N–H and O–H groups in total. The molecule has 0 aliphatic carbocycles. The Kier molecular flexibility index (Phi) is 4.77. The zero-order valence-corrected chi connectivity index (χ0v) is 16.3. The topological polar surface area (TPSA) is 56.6 Å². The van der Waals surface area contributed by atoms with Crippen molar-refractivity contribution in [2.45, 2.75) is 20.3 Å². The van der Waals surface area contributed by atoms with Crippen LogP contribution in [0.4, 0.5) is 5.69 Å². The van der Waals surface area contributed by atoms with E-state index in [2.05, 4.69) is 5.10 Å². The molecular weight excluding hydrogens is 354 g/mol. The van der Waals surface area contributed by atoms with Crippen molar-refractivity contribution < 1.29 is 14.3 Å². The van der Waals surface area contributed by atoms with E-state index in [1.165, 1.54) is 0 Å². The first-order valence-corrected chi connectivity index (χ1v) is 9.30. The highest BCUT2D eigenvalue weighted by molar-refractivity contribution is 5.97. The summed E-state index contributed by atoms with van der Waals surface area (Å²) >= 11 is 0. The van der Waals surface area contributed by atoms with Crippen LogP contribution in [0.1, 0.15) is 17.0 Å². The van der Waals surface area contributed by atoms with Gasteiger partial charge in [-0.25, -0.2) is 4.68 Å². The molecule has 0 unspecified atom stereocenters. The number of fused-ring (bicyclic) bond motifs is 1. The number of para-hydroxylation sites is 1. The standard InChI is InChI=1S/C22H23N3O3/c1-15-19(16(2)25(23-15)17-7-5-4-6-8-17)14-22(26)24-11-12-28-21-10-9-18(27-3)13-20(21)24/h4-10,13H,11-12,14H2,1-3H3. The van der Waals surface area contributed by atoms with Crippen LogP contribution < -0.4 is 14.4 Å². The number of benzene rings is 2. The predicted molar refractivity (Wildman–Crippen MR) is 108 cm³/mol. The Morgan fingerprint density at radius 1 is 1.18 bits per heavy atom. The predicted octanol–water partition coefficient (Wildman–Crippen LogP) is 3.47. The third-order valence-electron chi connectivity index (χ3n) is 5.10. The summed E-state index contributed by atoms with van der Waals surface area (Å²) in [4.78, 5) is 15.0. The van der Waals surface area contributed by atoms with E-state index in [1.54, 1.807) is 12.0 Å². The maximum Gasteiger partial charge on any atom is 0.231 e. The Hall–Kier alpha value is -3.28. The molecule has 0 fully saturated rings. The first-order valence-electron chi connectivity index (χ1n) is 9.30. The van der Waals surface area contributed by atoms with E-state index >= 15 is 0 Å². The first kappa shape index (κ1) is 18.1. The van der Waals surface area contributed by atoms with Crippen molar-refractivity contribution in [3.05, 3.63) is 65.5 Å². The molecule has 0 saturated carbocycles. The van der Waals surface area contributed by atoms with Crippen molar-refractivity contribution >= 4 is 11.6 Å². The van der Waals surface area contributed by atoms with Crippen LogP contribution in [-0.4, -0.2) is 35.9 Å². The number of aryl methyl sites for hydroxylation is 1. The molecule has 0 saturated heterocycles. The van der Waals surface area contributed by atoms with Crippen molar-refractivity contribution in [2.75, 3.05) is 25.2 Å². The number of hydrogen-bond acceptors (Lipinski definition) is 4. The summed E-state index contributed by atoms with van der Waals surface area (Å²) in [5.74, 6) is 1.43. The molecule has 1 aliphatic rings. The zero-order chi connectivity index (χ0) is 19.7. The highest BCUT2D eigenvalue weighted by atomic mass is 16.5. The molecule has 0 bridgehead atoms. The maximum absolute atomic E-state index is 13.2. The lowest BCUT2D eigenvalue weighted by atomic mass is 10.1. The lowest BCUT2D eigenvalue weighted by Crippen LogP contribution is -2.39. The van der Waals surface area contributed by atoms with Crippen molar-refractivity contribution in [1.82, 2.24) is 9.78 Å². The lowest BCUT2D eigenvalue weighted by molar-refractivity contribution is -0.118. The van der Waals surface area contributed by atoms with Crippen LogP contribution in [0.15, 0.2) is 48.5 Å². The van der Waals surface area contributed by atoms with Crippen molar-refractivity contribution in [3.63, 3.8) is 0 Å². The molecule has 0 spiro atoms. The van der Waals surface area contributed by atoms with Crippen LogP contribution in [-0.2, 0) is 11.2 Å². The molecule has 144 valence electrons. The third-order valence-corrected chi connectivity index (χ3v) is 5.10. The van der Waals surface area contributed by atoms with Crippen LogP contribution in [0.5, 0.6) is 11.5 Å². The van der Waals surface area contributed by atoms with E-state index < -0.39 is 0 Å². The molecule has 1 amide bonds. The van der Waals surface area contributed by atoms with E-state index in [9.17, 15) is 4.79 Å². The average Bonchev–Trinajstić information content (AvgIpc) is 3.01. The smallest absolute Gasteiger partial charge is 0.231 e. The second kappa shape index (κ2) is 7.38. The van der Waals surface area contributed by atoms with Crippen LogP contribution in [0.25, 0.3) is 5.69 Å². The number of ether oxygens (including phenoxy) is 2. The van der Waals surface area contributed by atoms with Gasteiger partial charge >= 0.3 is 0 Å². The number of aromatic nitrogens is 2. The molecule has 1 aliphatic heterocycles. The van der Waals surface area contributed by atoms with Crippen molar-refractivity contribution in [2.24, 2.45) is 0 Å². The number of methoxy groups -OCH3 is 1. The summed E-state index contributed by atoms with van der Waals surface area (Å²) in [6.45, 7) is 4.95. The van der Waals surface area contributed by atoms with Gasteiger partial charge in [-0.15, -0.1) is 0 Å². The molecule has 1 aromatic heterocycles. The molecule has 2 aromatic carbocycles. The van der Waals surface area contributed by atoms with Crippen LogP contribution in [0.3, 0.4) is 0 Å². The highest BCUT2D eigenvalue weighted by Crippen LogP contribution is 2.35. The number of nitrogens with zero attached hydrogens (tertiary/aromatic N) is 3. The molecule has 2 heterocycles. The first-order chi connectivity index (χ1) is 13.6. The van der Waals surface area contributed by atoms with Gasteiger partial charge in [0, 0.05) is 17.3 Å². The number of hydrogen-bond donors (Lipinski definition) is 0. The summed E-state index contributed by atoms with van der Waals surface area (Å²) in [6, 6.07) is 15.5. The van der Waals surface area contributed by atoms with E-state index in [-0.39, 0.29) is 5.91 Å². The van der Waals surface area contributed by atoms with Crippen molar-refractivity contribution in [1.29, 1.82) is 0 Å². The molecular formula is C22H23N3O3. The van der Waals surface area contributed by atoms with Crippen LogP contribution in [0, 0.1) is 13.8 Å². The van der Waals surface area contributed by atoms with Gasteiger partial charge in [0.15, 0.2) is 0 Å². The van der Waals surface area contributed by atoms with Gasteiger partial charge in [0.05, 0.1) is 37.1 Å². The van der Waals surface area contributed by atoms with E-state index in [4.69, 9.17) is 9.47 Å². The van der Waals surface area contributed by atoms with Crippen molar-refractivity contribution in [3.8, 4) is 17.2 Å². The molecule has 4 rings (SSSR count). The minimum atomic E-state index is 0.0246. The van der Waals surface area contributed by atoms with Crippen LogP contribution >= 0.6 is 0 Å². The average molecular weight is 377 g/mol. The largest absolute Gasteiger partial charge is 0.497 e. The fourth-order valence-electron chi connectivity index (χ4n) is 3.58. The van der Waals surface area contributed by atoms with Gasteiger partial charge in [-0.05, 0) is 38.1 Å². The summed E-state index contributed by atoms with van der Waals surface area (Å²) in [5.41, 5.74) is 4.56. The Labute approximate surface area is 164 Å². The molecule has 6 nitrogen and oxygen atoms in total. The van der Waals surface area contributed by atoms with Gasteiger partial charge in [-0.3, -0.25) is 4.79 Å². The SMILES string of the molecule is COc1ccc2c(c1)N(C(=O)Cc1c(C)nn(-c3ccccc3)c1C)CCO2. The van der Waals surface area contributed by atoms with E-state index in [0.717, 1.165) is 28.3 Å². The zero-order valence-electron chi connectivity index (χ0n) is 16.3. The Bertz CT molecular complexity index is 1010. The lowest BCUT2D eigenvalue weighted by Gasteiger charge is -2.30. The minimum absolute atomic E-state index is 0.0246. The summed E-state index contributed by atoms with van der Waals surface area (Å²) in [6.07, 6.45) is 0.293. The summed E-state index contributed by atoms with van der Waals surface area (Å²) in [5, 5.41) is 4.65. The number of carbonyl (C=O) groups is 1. The molecule has 0 radical (unpaired) electrons. The summed E-state index contributed by atoms with van der Waals surface area (Å²) < 4.78 is 12.9. The van der Waals surface area contributed by atoms with Gasteiger partial charge in [-0.1, -0.05) is 18.2 Å². The molecule has 6 heteroatoms. The van der Waals surface area contributed by atoms with E-state index in [0.29, 0.717) is 31.1 Å². The van der Waals surface area contributed by atoms with Gasteiger partial charge < -0.3 is 14.4 Å². The Morgan fingerprint density at radius 2 is 1.96 bits per heavy atom. The molecule has 0 atom stereocenters. The molecule has 3 aromatic rings.